The van der Waals surface area contributed by atoms with Crippen LogP contribution in [0.2, 0.25) is 0 Å². The fraction of sp³-hybridized carbons (Fsp3) is 0.286. The van der Waals surface area contributed by atoms with Crippen molar-refractivity contribution >= 4 is 34.3 Å². The maximum Gasteiger partial charge on any atom is 0.232 e. The molecule has 1 unspecified atom stereocenters. The van der Waals surface area contributed by atoms with Crippen molar-refractivity contribution in [2.24, 2.45) is 0 Å². The van der Waals surface area contributed by atoms with E-state index in [1.165, 1.54) is 18.2 Å². The molecule has 7 heteroatoms. The number of oxazole rings is 1. The minimum absolute atomic E-state index is 0.00480. The van der Waals surface area contributed by atoms with Crippen LogP contribution in [0.25, 0.3) is 11.1 Å². The van der Waals surface area contributed by atoms with Gasteiger partial charge < -0.3 is 15.1 Å². The highest BCUT2D eigenvalue weighted by atomic mass is 19.1. The number of halogens is 1. The van der Waals surface area contributed by atoms with Crippen molar-refractivity contribution in [1.29, 1.82) is 0 Å². The Hall–Kier alpha value is -3.22. The summed E-state index contributed by atoms with van der Waals surface area (Å²) in [5.41, 5.74) is 2.54. The standard InChI is InChI=1S/C21H20FN3O3/c1-21(2,3)20-25-16-9-12(5-7-17(16)28-20)23-19(27)14-10-18(26)24-15-8-11(22)4-6-13(14)15/h4-9,14H,10H2,1-3H3,(H,23,27)(H,24,26). The number of amides is 2. The van der Waals surface area contributed by atoms with E-state index in [1.54, 1.807) is 18.2 Å². The van der Waals surface area contributed by atoms with Crippen LogP contribution >= 0.6 is 0 Å². The van der Waals surface area contributed by atoms with E-state index >= 15 is 0 Å². The lowest BCUT2D eigenvalue weighted by Gasteiger charge is -2.24. The van der Waals surface area contributed by atoms with Gasteiger partial charge in [-0.2, -0.15) is 0 Å². The molecule has 0 spiro atoms. The summed E-state index contributed by atoms with van der Waals surface area (Å²) in [5.74, 6) is -1.19. The van der Waals surface area contributed by atoms with Crippen molar-refractivity contribution in [1.82, 2.24) is 4.98 Å². The molecule has 0 saturated heterocycles. The first-order valence-corrected chi connectivity index (χ1v) is 9.02. The topological polar surface area (TPSA) is 84.2 Å². The average molecular weight is 381 g/mol. The number of carbonyl (C=O) groups excluding carboxylic acids is 2. The minimum atomic E-state index is -0.692. The van der Waals surface area contributed by atoms with E-state index in [0.29, 0.717) is 33.9 Å². The molecule has 0 bridgehead atoms. The van der Waals surface area contributed by atoms with Crippen LogP contribution in [0.5, 0.6) is 0 Å². The molecule has 144 valence electrons. The van der Waals surface area contributed by atoms with Crippen molar-refractivity contribution in [3.8, 4) is 0 Å². The van der Waals surface area contributed by atoms with Gasteiger partial charge in [-0.3, -0.25) is 9.59 Å². The second-order valence-corrected chi connectivity index (χ2v) is 7.98. The molecule has 0 aliphatic carbocycles. The van der Waals surface area contributed by atoms with E-state index in [1.807, 2.05) is 20.8 Å². The van der Waals surface area contributed by atoms with Gasteiger partial charge in [0.2, 0.25) is 17.7 Å². The van der Waals surface area contributed by atoms with Crippen molar-refractivity contribution in [3.63, 3.8) is 0 Å². The smallest absolute Gasteiger partial charge is 0.232 e. The molecule has 0 fully saturated rings. The Morgan fingerprint density at radius 2 is 2.04 bits per heavy atom. The molecule has 1 atom stereocenters. The average Bonchev–Trinajstić information content (AvgIpc) is 3.04. The van der Waals surface area contributed by atoms with Crippen LogP contribution < -0.4 is 10.6 Å². The molecule has 2 aromatic carbocycles. The molecule has 2 N–H and O–H groups in total. The highest BCUT2D eigenvalue weighted by molar-refractivity contribution is 6.05. The number of rotatable bonds is 2. The first-order valence-electron chi connectivity index (χ1n) is 9.02. The molecule has 6 nitrogen and oxygen atoms in total. The number of hydrogen-bond acceptors (Lipinski definition) is 4. The molecular formula is C21H20FN3O3. The SMILES string of the molecule is CC(C)(C)c1nc2cc(NC(=O)C3CC(=O)Nc4cc(F)ccc43)ccc2o1. The molecule has 1 aromatic heterocycles. The van der Waals surface area contributed by atoms with Gasteiger partial charge in [-0.05, 0) is 35.9 Å². The third kappa shape index (κ3) is 3.35. The molecule has 2 amide bonds. The van der Waals surface area contributed by atoms with Crippen molar-refractivity contribution in [2.45, 2.75) is 38.5 Å². The Morgan fingerprint density at radius 3 is 2.79 bits per heavy atom. The molecule has 2 heterocycles. The van der Waals surface area contributed by atoms with E-state index < -0.39 is 11.7 Å². The number of anilines is 2. The summed E-state index contributed by atoms with van der Waals surface area (Å²) in [6.07, 6.45) is 0.00480. The molecule has 28 heavy (non-hydrogen) atoms. The van der Waals surface area contributed by atoms with Crippen LogP contribution in [0.15, 0.2) is 40.8 Å². The highest BCUT2D eigenvalue weighted by Crippen LogP contribution is 2.34. The molecule has 0 saturated carbocycles. The van der Waals surface area contributed by atoms with Gasteiger partial charge in [0.25, 0.3) is 0 Å². The largest absolute Gasteiger partial charge is 0.440 e. The van der Waals surface area contributed by atoms with Gasteiger partial charge in [-0.1, -0.05) is 26.8 Å². The van der Waals surface area contributed by atoms with Crippen molar-refractivity contribution in [2.75, 3.05) is 10.6 Å². The Kier molecular flexibility index (Phi) is 4.18. The number of nitrogens with one attached hydrogen (secondary N) is 2. The summed E-state index contributed by atoms with van der Waals surface area (Å²) in [7, 11) is 0. The summed E-state index contributed by atoms with van der Waals surface area (Å²) in [5, 5.41) is 5.44. The van der Waals surface area contributed by atoms with Crippen LogP contribution in [-0.4, -0.2) is 16.8 Å². The van der Waals surface area contributed by atoms with Crippen molar-refractivity contribution in [3.05, 3.63) is 53.7 Å². The number of nitrogens with zero attached hydrogens (tertiary/aromatic N) is 1. The summed E-state index contributed by atoms with van der Waals surface area (Å²) in [6.45, 7) is 6.03. The summed E-state index contributed by atoms with van der Waals surface area (Å²) < 4.78 is 19.2. The van der Waals surface area contributed by atoms with Crippen LogP contribution in [0.3, 0.4) is 0 Å². The quantitative estimate of drug-likeness (QED) is 0.692. The zero-order valence-corrected chi connectivity index (χ0v) is 15.8. The van der Waals surface area contributed by atoms with E-state index in [4.69, 9.17) is 4.42 Å². The summed E-state index contributed by atoms with van der Waals surface area (Å²) >= 11 is 0. The Labute approximate surface area is 161 Å². The van der Waals surface area contributed by atoms with E-state index in [9.17, 15) is 14.0 Å². The van der Waals surface area contributed by atoms with E-state index in [-0.39, 0.29) is 23.7 Å². The zero-order chi connectivity index (χ0) is 20.1. The molecule has 0 radical (unpaired) electrons. The zero-order valence-electron chi connectivity index (χ0n) is 15.8. The maximum absolute atomic E-state index is 13.5. The maximum atomic E-state index is 13.5. The second-order valence-electron chi connectivity index (χ2n) is 7.98. The monoisotopic (exact) mass is 381 g/mol. The molecule has 4 rings (SSSR count). The van der Waals surface area contributed by atoms with Crippen LogP contribution in [0.1, 0.15) is 44.6 Å². The highest BCUT2D eigenvalue weighted by Gasteiger charge is 2.31. The van der Waals surface area contributed by atoms with Gasteiger partial charge in [0.15, 0.2) is 5.58 Å². The molecular weight excluding hydrogens is 361 g/mol. The Bertz CT molecular complexity index is 1100. The summed E-state index contributed by atoms with van der Waals surface area (Å²) in [6, 6.07) is 9.26. The predicted molar refractivity (Wildman–Crippen MR) is 104 cm³/mol. The predicted octanol–water partition coefficient (Wildman–Crippen LogP) is 4.33. The Morgan fingerprint density at radius 1 is 1.25 bits per heavy atom. The molecule has 1 aliphatic rings. The number of fused-ring (bicyclic) bond motifs is 2. The lowest BCUT2D eigenvalue weighted by atomic mass is 9.89. The number of benzene rings is 2. The van der Waals surface area contributed by atoms with Gasteiger partial charge >= 0.3 is 0 Å². The first-order chi connectivity index (χ1) is 13.2. The third-order valence-corrected chi connectivity index (χ3v) is 4.67. The summed E-state index contributed by atoms with van der Waals surface area (Å²) in [4.78, 5) is 29.3. The van der Waals surface area contributed by atoms with Gasteiger partial charge in [0.05, 0.1) is 5.92 Å². The minimum Gasteiger partial charge on any atom is -0.440 e. The number of carbonyl (C=O) groups is 2. The molecule has 1 aliphatic heterocycles. The fourth-order valence-corrected chi connectivity index (χ4v) is 3.23. The lowest BCUT2D eigenvalue weighted by molar-refractivity contribution is -0.123. The number of hydrogen-bond donors (Lipinski definition) is 2. The Balaban J connectivity index is 1.61. The molecule has 3 aromatic rings. The van der Waals surface area contributed by atoms with Crippen molar-refractivity contribution < 1.29 is 18.4 Å². The van der Waals surface area contributed by atoms with Gasteiger partial charge in [0, 0.05) is 23.2 Å². The fourth-order valence-electron chi connectivity index (χ4n) is 3.23. The van der Waals surface area contributed by atoms with Gasteiger partial charge in [0.1, 0.15) is 11.3 Å². The van der Waals surface area contributed by atoms with E-state index in [2.05, 4.69) is 15.6 Å². The second kappa shape index (κ2) is 6.44. The van der Waals surface area contributed by atoms with Crippen LogP contribution in [-0.2, 0) is 15.0 Å². The van der Waals surface area contributed by atoms with Crippen LogP contribution in [0.4, 0.5) is 15.8 Å². The lowest BCUT2D eigenvalue weighted by Crippen LogP contribution is -2.30. The van der Waals surface area contributed by atoms with Crippen LogP contribution in [0, 0.1) is 5.82 Å². The van der Waals surface area contributed by atoms with Gasteiger partial charge in [-0.25, -0.2) is 9.37 Å². The normalized spacial score (nSPS) is 16.6. The van der Waals surface area contributed by atoms with E-state index in [0.717, 1.165) is 0 Å². The number of aromatic nitrogens is 1. The van der Waals surface area contributed by atoms with Gasteiger partial charge in [-0.15, -0.1) is 0 Å². The first kappa shape index (κ1) is 18.2. The third-order valence-electron chi connectivity index (χ3n) is 4.67.